The third-order valence-electron chi connectivity index (χ3n) is 5.60. The molecule has 2 aliphatic heterocycles. The second-order valence-corrected chi connectivity index (χ2v) is 8.73. The minimum Gasteiger partial charge on any atom is -0.444 e. The molecule has 2 heterocycles. The summed E-state index contributed by atoms with van der Waals surface area (Å²) in [7, 11) is 0. The van der Waals surface area contributed by atoms with Crippen LogP contribution in [-0.2, 0) is 11.3 Å². The molecule has 3 atom stereocenters. The van der Waals surface area contributed by atoms with Gasteiger partial charge in [0.2, 0.25) is 0 Å². The Morgan fingerprint density at radius 2 is 1.89 bits per heavy atom. The SMILES string of the molecule is C[C@@H]1C(N2CCN(Cc3ccccc3)[C@H](CO)C2)CN1C(=O)OC(C)(C)C. The molecule has 0 aliphatic carbocycles. The Morgan fingerprint density at radius 3 is 2.48 bits per heavy atom. The first-order chi connectivity index (χ1) is 12.8. The second kappa shape index (κ2) is 8.17. The highest BCUT2D eigenvalue weighted by Gasteiger charge is 2.45. The standard InChI is InChI=1S/C21H33N3O3/c1-16-19(14-24(16)20(26)27-21(2,3)4)23-11-10-22(18(13-23)15-25)12-17-8-6-5-7-9-17/h5-9,16,18-19,25H,10-15H2,1-4H3/t16-,18+,19?/m1/s1. The van der Waals surface area contributed by atoms with Gasteiger partial charge in [-0.2, -0.15) is 0 Å². The third kappa shape index (κ3) is 4.81. The molecule has 0 spiro atoms. The van der Waals surface area contributed by atoms with Crippen molar-refractivity contribution in [1.29, 1.82) is 0 Å². The van der Waals surface area contributed by atoms with Crippen molar-refractivity contribution in [1.82, 2.24) is 14.7 Å². The average Bonchev–Trinajstić information content (AvgIpc) is 2.61. The van der Waals surface area contributed by atoms with E-state index in [0.717, 1.165) is 26.2 Å². The maximum absolute atomic E-state index is 12.3. The minimum absolute atomic E-state index is 0.127. The molecular formula is C21H33N3O3. The van der Waals surface area contributed by atoms with Crippen LogP contribution in [0.3, 0.4) is 0 Å². The van der Waals surface area contributed by atoms with E-state index in [-0.39, 0.29) is 24.8 Å². The molecule has 1 N–H and O–H groups in total. The monoisotopic (exact) mass is 375 g/mol. The molecule has 0 radical (unpaired) electrons. The number of hydrogen-bond donors (Lipinski definition) is 1. The topological polar surface area (TPSA) is 56.2 Å². The molecular weight excluding hydrogens is 342 g/mol. The molecule has 0 aromatic heterocycles. The number of aliphatic hydroxyl groups is 1. The lowest BCUT2D eigenvalue weighted by molar-refractivity contribution is -0.0681. The van der Waals surface area contributed by atoms with Crippen molar-refractivity contribution in [3.63, 3.8) is 0 Å². The Morgan fingerprint density at radius 1 is 1.19 bits per heavy atom. The number of aliphatic hydroxyl groups excluding tert-OH is 1. The van der Waals surface area contributed by atoms with Gasteiger partial charge in [-0.05, 0) is 33.3 Å². The van der Waals surface area contributed by atoms with E-state index in [1.54, 1.807) is 4.90 Å². The van der Waals surface area contributed by atoms with Gasteiger partial charge in [0, 0.05) is 50.8 Å². The lowest BCUT2D eigenvalue weighted by atomic mass is 9.95. The van der Waals surface area contributed by atoms with Gasteiger partial charge in [0.05, 0.1) is 6.61 Å². The van der Waals surface area contributed by atoms with Crippen LogP contribution in [0.2, 0.25) is 0 Å². The molecule has 2 aliphatic rings. The molecule has 1 aromatic carbocycles. The number of hydrogen-bond acceptors (Lipinski definition) is 5. The fraction of sp³-hybridized carbons (Fsp3) is 0.667. The normalized spacial score (nSPS) is 27.3. The highest BCUT2D eigenvalue weighted by Crippen LogP contribution is 2.28. The minimum atomic E-state index is -0.465. The summed E-state index contributed by atoms with van der Waals surface area (Å²) in [6.07, 6.45) is -0.229. The predicted octanol–water partition coefficient (Wildman–Crippen LogP) is 2.17. The molecule has 1 unspecified atom stereocenters. The summed E-state index contributed by atoms with van der Waals surface area (Å²) >= 11 is 0. The van der Waals surface area contributed by atoms with Crippen LogP contribution in [0.15, 0.2) is 30.3 Å². The van der Waals surface area contributed by atoms with Gasteiger partial charge in [0.25, 0.3) is 0 Å². The van der Waals surface area contributed by atoms with Crippen molar-refractivity contribution < 1.29 is 14.6 Å². The van der Waals surface area contributed by atoms with E-state index in [1.807, 2.05) is 26.8 Å². The third-order valence-corrected chi connectivity index (χ3v) is 5.60. The molecule has 150 valence electrons. The van der Waals surface area contributed by atoms with E-state index < -0.39 is 5.60 Å². The number of carbonyl (C=O) groups excluding carboxylic acids is 1. The van der Waals surface area contributed by atoms with Crippen LogP contribution in [0.1, 0.15) is 33.3 Å². The van der Waals surface area contributed by atoms with Crippen LogP contribution in [0.25, 0.3) is 0 Å². The van der Waals surface area contributed by atoms with Crippen LogP contribution in [-0.4, -0.2) is 82.4 Å². The predicted molar refractivity (Wildman–Crippen MR) is 105 cm³/mol. The number of rotatable bonds is 4. The average molecular weight is 376 g/mol. The van der Waals surface area contributed by atoms with E-state index in [4.69, 9.17) is 4.74 Å². The zero-order chi connectivity index (χ0) is 19.6. The lowest BCUT2D eigenvalue weighted by Gasteiger charge is -2.54. The largest absolute Gasteiger partial charge is 0.444 e. The molecule has 27 heavy (non-hydrogen) atoms. The van der Waals surface area contributed by atoms with E-state index in [2.05, 4.69) is 41.0 Å². The van der Waals surface area contributed by atoms with Crippen LogP contribution in [0.4, 0.5) is 4.79 Å². The summed E-state index contributed by atoms with van der Waals surface area (Å²) in [5.74, 6) is 0. The van der Waals surface area contributed by atoms with Crippen molar-refractivity contribution in [3.8, 4) is 0 Å². The Balaban J connectivity index is 1.54. The summed E-state index contributed by atoms with van der Waals surface area (Å²) in [4.78, 5) is 18.9. The first-order valence-electron chi connectivity index (χ1n) is 9.91. The molecule has 2 fully saturated rings. The van der Waals surface area contributed by atoms with E-state index >= 15 is 0 Å². The van der Waals surface area contributed by atoms with Crippen LogP contribution < -0.4 is 0 Å². The quantitative estimate of drug-likeness (QED) is 0.874. The molecule has 1 amide bonds. The molecule has 6 nitrogen and oxygen atoms in total. The Hall–Kier alpha value is -1.63. The van der Waals surface area contributed by atoms with Crippen LogP contribution in [0, 0.1) is 0 Å². The molecule has 3 rings (SSSR count). The maximum Gasteiger partial charge on any atom is 0.410 e. The number of nitrogens with zero attached hydrogens (tertiary/aromatic N) is 3. The molecule has 2 saturated heterocycles. The van der Waals surface area contributed by atoms with Crippen molar-refractivity contribution in [2.45, 2.75) is 58.0 Å². The van der Waals surface area contributed by atoms with Gasteiger partial charge >= 0.3 is 6.09 Å². The van der Waals surface area contributed by atoms with E-state index in [1.165, 1.54) is 5.56 Å². The van der Waals surface area contributed by atoms with Crippen molar-refractivity contribution in [2.75, 3.05) is 32.8 Å². The number of likely N-dealkylation sites (tertiary alicyclic amines) is 1. The number of amides is 1. The lowest BCUT2D eigenvalue weighted by Crippen LogP contribution is -2.70. The smallest absolute Gasteiger partial charge is 0.410 e. The van der Waals surface area contributed by atoms with Crippen molar-refractivity contribution >= 4 is 6.09 Å². The van der Waals surface area contributed by atoms with Crippen LogP contribution >= 0.6 is 0 Å². The zero-order valence-electron chi connectivity index (χ0n) is 17.0. The Kier molecular flexibility index (Phi) is 6.08. The summed E-state index contributed by atoms with van der Waals surface area (Å²) < 4.78 is 5.49. The van der Waals surface area contributed by atoms with Gasteiger partial charge in [-0.25, -0.2) is 4.79 Å². The van der Waals surface area contributed by atoms with Gasteiger partial charge in [-0.3, -0.25) is 9.80 Å². The van der Waals surface area contributed by atoms with Gasteiger partial charge in [-0.15, -0.1) is 0 Å². The maximum atomic E-state index is 12.3. The number of ether oxygens (including phenoxy) is 1. The molecule has 0 bridgehead atoms. The molecule has 0 saturated carbocycles. The number of benzene rings is 1. The van der Waals surface area contributed by atoms with Crippen molar-refractivity contribution in [2.24, 2.45) is 0 Å². The van der Waals surface area contributed by atoms with E-state index in [9.17, 15) is 9.90 Å². The first kappa shape index (κ1) is 20.1. The first-order valence-corrected chi connectivity index (χ1v) is 9.91. The van der Waals surface area contributed by atoms with Gasteiger partial charge in [-0.1, -0.05) is 30.3 Å². The fourth-order valence-corrected chi connectivity index (χ4v) is 3.99. The zero-order valence-corrected chi connectivity index (χ0v) is 17.0. The van der Waals surface area contributed by atoms with Gasteiger partial charge < -0.3 is 14.7 Å². The second-order valence-electron chi connectivity index (χ2n) is 8.73. The number of piperazine rings is 1. The van der Waals surface area contributed by atoms with Gasteiger partial charge in [0.1, 0.15) is 5.60 Å². The van der Waals surface area contributed by atoms with Crippen LogP contribution in [0.5, 0.6) is 0 Å². The fourth-order valence-electron chi connectivity index (χ4n) is 3.99. The van der Waals surface area contributed by atoms with Crippen molar-refractivity contribution in [3.05, 3.63) is 35.9 Å². The highest BCUT2D eigenvalue weighted by atomic mass is 16.6. The molecule has 1 aromatic rings. The number of carbonyl (C=O) groups is 1. The Bertz CT molecular complexity index is 631. The summed E-state index contributed by atoms with van der Waals surface area (Å²) in [5.41, 5.74) is 0.810. The Labute approximate surface area is 162 Å². The molecule has 6 heteroatoms. The summed E-state index contributed by atoms with van der Waals surface area (Å²) in [6, 6.07) is 11.0. The summed E-state index contributed by atoms with van der Waals surface area (Å²) in [6.45, 7) is 12.2. The van der Waals surface area contributed by atoms with E-state index in [0.29, 0.717) is 12.6 Å². The highest BCUT2D eigenvalue weighted by molar-refractivity contribution is 5.70. The summed E-state index contributed by atoms with van der Waals surface area (Å²) in [5, 5.41) is 9.91. The van der Waals surface area contributed by atoms with Gasteiger partial charge in [0.15, 0.2) is 0 Å².